The van der Waals surface area contributed by atoms with Gasteiger partial charge in [0.1, 0.15) is 12.1 Å². The molecular weight excluding hydrogens is 516 g/mol. The second kappa shape index (κ2) is 13.6. The van der Waals surface area contributed by atoms with Crippen LogP contribution >= 0.6 is 0 Å². The van der Waals surface area contributed by atoms with Crippen molar-refractivity contribution in [3.05, 3.63) is 102 Å². The monoisotopic (exact) mass is 548 g/mol. The van der Waals surface area contributed by atoms with Gasteiger partial charge in [0, 0.05) is 71.4 Å². The maximum atomic E-state index is 12.8. The zero-order chi connectivity index (χ0) is 29.2. The Morgan fingerprint density at radius 2 is 1.68 bits per heavy atom. The molecule has 5 N–H and O–H groups in total. The van der Waals surface area contributed by atoms with E-state index in [9.17, 15) is 9.59 Å². The van der Waals surface area contributed by atoms with E-state index in [0.29, 0.717) is 29.3 Å². The van der Waals surface area contributed by atoms with Crippen molar-refractivity contribution in [1.29, 1.82) is 5.41 Å². The summed E-state index contributed by atoms with van der Waals surface area (Å²) in [7, 11) is 5.66. The number of rotatable bonds is 11. The highest BCUT2D eigenvalue weighted by molar-refractivity contribution is 6.05. The fourth-order valence-corrected chi connectivity index (χ4v) is 3.93. The van der Waals surface area contributed by atoms with E-state index in [-0.39, 0.29) is 11.8 Å². The Bertz CT molecular complexity index is 1560. The number of nitrogens with zero attached hydrogens (tertiary/aromatic N) is 3. The first-order chi connectivity index (χ1) is 19.8. The molecule has 2 amide bonds. The third-order valence-corrected chi connectivity index (χ3v) is 5.99. The van der Waals surface area contributed by atoms with Gasteiger partial charge in [-0.3, -0.25) is 9.59 Å². The van der Waals surface area contributed by atoms with Crippen LogP contribution in [-0.2, 0) is 4.79 Å². The van der Waals surface area contributed by atoms with Crippen LogP contribution in [0, 0.1) is 5.41 Å². The van der Waals surface area contributed by atoms with Crippen molar-refractivity contribution in [1.82, 2.24) is 14.9 Å². The Labute approximate surface area is 239 Å². The van der Waals surface area contributed by atoms with Gasteiger partial charge < -0.3 is 31.6 Å². The average molecular weight is 549 g/mol. The molecule has 0 saturated carbocycles. The number of amides is 2. The summed E-state index contributed by atoms with van der Waals surface area (Å²) in [6, 6.07) is 21.6. The van der Waals surface area contributed by atoms with Crippen LogP contribution in [0.1, 0.15) is 15.9 Å². The van der Waals surface area contributed by atoms with E-state index in [2.05, 4.69) is 31.2 Å². The lowest BCUT2D eigenvalue weighted by Gasteiger charge is -2.11. The van der Waals surface area contributed by atoms with Crippen LogP contribution < -0.4 is 21.3 Å². The predicted octanol–water partition coefficient (Wildman–Crippen LogP) is 5.24. The minimum Gasteiger partial charge on any atom is -0.388 e. The second-order valence-corrected chi connectivity index (χ2v) is 9.38. The Kier molecular flexibility index (Phi) is 9.53. The molecule has 0 atom stereocenters. The SMILES string of the molecule is CNc1cc(-c2cc(Nc3cccc(NC(=O)c4ccc(NC(=O)/C=C/CN(C)C)cc4)c3)ncn2)ccc1C=N. The van der Waals surface area contributed by atoms with E-state index in [1.807, 2.05) is 68.5 Å². The first-order valence-electron chi connectivity index (χ1n) is 12.9. The molecule has 4 rings (SSSR count). The molecule has 0 radical (unpaired) electrons. The summed E-state index contributed by atoms with van der Waals surface area (Å²) < 4.78 is 0. The summed E-state index contributed by atoms with van der Waals surface area (Å²) in [6.45, 7) is 0.669. The Morgan fingerprint density at radius 1 is 0.902 bits per heavy atom. The minimum absolute atomic E-state index is 0.229. The molecule has 41 heavy (non-hydrogen) atoms. The molecule has 0 bridgehead atoms. The highest BCUT2D eigenvalue weighted by Crippen LogP contribution is 2.26. The lowest BCUT2D eigenvalue weighted by molar-refractivity contribution is -0.111. The van der Waals surface area contributed by atoms with Gasteiger partial charge in [0.25, 0.3) is 5.91 Å². The Morgan fingerprint density at radius 3 is 2.41 bits per heavy atom. The normalized spacial score (nSPS) is 10.8. The van der Waals surface area contributed by atoms with E-state index in [1.54, 1.807) is 36.4 Å². The first-order valence-corrected chi connectivity index (χ1v) is 12.9. The maximum absolute atomic E-state index is 12.8. The molecule has 0 unspecified atom stereocenters. The molecule has 10 nitrogen and oxygen atoms in total. The molecule has 4 aromatic rings. The molecule has 0 aliphatic rings. The summed E-state index contributed by atoms with van der Waals surface area (Å²) in [5, 5.41) is 19.6. The summed E-state index contributed by atoms with van der Waals surface area (Å²) >= 11 is 0. The van der Waals surface area contributed by atoms with Gasteiger partial charge in [-0.05, 0) is 62.6 Å². The standard InChI is InChI=1S/C31H32N8O2/c1-33-27-16-22(9-10-23(27)19-32)28-18-29(35-20-34-28)36-25-6-4-7-26(17-25)38-31(41)21-11-13-24(14-12-21)37-30(40)8-5-15-39(2)3/h4-14,16-20,32-33H,15H2,1-3H3,(H,37,40)(H,38,41)(H,34,35,36)/b8-5+,32-19?. The van der Waals surface area contributed by atoms with Crippen LogP contribution in [0.3, 0.4) is 0 Å². The van der Waals surface area contributed by atoms with Crippen LogP contribution in [0.2, 0.25) is 0 Å². The fourth-order valence-electron chi connectivity index (χ4n) is 3.93. The minimum atomic E-state index is -0.274. The van der Waals surface area contributed by atoms with Crippen LogP contribution in [0.25, 0.3) is 11.3 Å². The third-order valence-electron chi connectivity index (χ3n) is 5.99. The average Bonchev–Trinajstić information content (AvgIpc) is 2.97. The molecule has 0 aliphatic heterocycles. The Balaban J connectivity index is 1.39. The number of likely N-dealkylation sites (N-methyl/N-ethyl adjacent to an activating group) is 1. The zero-order valence-electron chi connectivity index (χ0n) is 23.1. The Hall–Kier alpha value is -5.35. The molecule has 0 spiro atoms. The fraction of sp³-hybridized carbons (Fsp3) is 0.129. The highest BCUT2D eigenvalue weighted by atomic mass is 16.2. The van der Waals surface area contributed by atoms with Crippen LogP contribution in [-0.4, -0.2) is 60.6 Å². The van der Waals surface area contributed by atoms with Crippen LogP contribution in [0.4, 0.5) is 28.6 Å². The third kappa shape index (κ3) is 8.07. The van der Waals surface area contributed by atoms with Gasteiger partial charge in [-0.2, -0.15) is 0 Å². The number of carbonyl (C=O) groups is 2. The summed E-state index contributed by atoms with van der Waals surface area (Å²) in [5.41, 5.74) is 5.64. The molecule has 3 aromatic carbocycles. The number of aromatic nitrogens is 2. The van der Waals surface area contributed by atoms with Gasteiger partial charge in [-0.25, -0.2) is 9.97 Å². The van der Waals surface area contributed by atoms with Crippen molar-refractivity contribution >= 4 is 46.6 Å². The number of anilines is 5. The van der Waals surface area contributed by atoms with Gasteiger partial charge in [-0.15, -0.1) is 0 Å². The summed E-state index contributed by atoms with van der Waals surface area (Å²) in [4.78, 5) is 35.6. The number of hydrogen-bond acceptors (Lipinski definition) is 8. The molecule has 0 fully saturated rings. The van der Waals surface area contributed by atoms with E-state index in [1.165, 1.54) is 18.6 Å². The van der Waals surface area contributed by atoms with Crippen molar-refractivity contribution < 1.29 is 9.59 Å². The quantitative estimate of drug-likeness (QED) is 0.128. The predicted molar refractivity (Wildman–Crippen MR) is 165 cm³/mol. The molecule has 0 saturated heterocycles. The topological polar surface area (TPSA) is 135 Å². The lowest BCUT2D eigenvalue weighted by atomic mass is 10.1. The van der Waals surface area contributed by atoms with Crippen LogP contribution in [0.5, 0.6) is 0 Å². The summed E-state index contributed by atoms with van der Waals surface area (Å²) in [5.74, 6) is 0.0892. The lowest BCUT2D eigenvalue weighted by Crippen LogP contribution is -2.13. The number of benzene rings is 3. The number of carbonyl (C=O) groups excluding carboxylic acids is 2. The van der Waals surface area contributed by atoms with Gasteiger partial charge in [-0.1, -0.05) is 24.3 Å². The van der Waals surface area contributed by atoms with E-state index < -0.39 is 0 Å². The second-order valence-electron chi connectivity index (χ2n) is 9.38. The van der Waals surface area contributed by atoms with Gasteiger partial charge in [0.15, 0.2) is 0 Å². The highest BCUT2D eigenvalue weighted by Gasteiger charge is 2.09. The molecule has 1 aromatic heterocycles. The van der Waals surface area contributed by atoms with E-state index in [4.69, 9.17) is 5.41 Å². The van der Waals surface area contributed by atoms with Crippen molar-refractivity contribution in [3.63, 3.8) is 0 Å². The van der Waals surface area contributed by atoms with Crippen molar-refractivity contribution in [2.75, 3.05) is 49.0 Å². The molecule has 0 aliphatic carbocycles. The summed E-state index contributed by atoms with van der Waals surface area (Å²) in [6.07, 6.45) is 6.05. The van der Waals surface area contributed by atoms with Crippen molar-refractivity contribution in [3.8, 4) is 11.3 Å². The van der Waals surface area contributed by atoms with E-state index >= 15 is 0 Å². The smallest absolute Gasteiger partial charge is 0.255 e. The molecular formula is C31H32N8O2. The molecule has 10 heteroatoms. The van der Waals surface area contributed by atoms with Gasteiger partial charge in [0.05, 0.1) is 5.69 Å². The first kappa shape index (κ1) is 28.7. The molecule has 208 valence electrons. The largest absolute Gasteiger partial charge is 0.388 e. The van der Waals surface area contributed by atoms with Gasteiger partial charge in [0.2, 0.25) is 5.91 Å². The zero-order valence-corrected chi connectivity index (χ0v) is 23.1. The maximum Gasteiger partial charge on any atom is 0.255 e. The number of nitrogens with one attached hydrogen (secondary N) is 5. The number of hydrogen-bond donors (Lipinski definition) is 5. The van der Waals surface area contributed by atoms with Crippen molar-refractivity contribution in [2.45, 2.75) is 0 Å². The van der Waals surface area contributed by atoms with E-state index in [0.717, 1.165) is 28.2 Å². The van der Waals surface area contributed by atoms with Gasteiger partial charge >= 0.3 is 0 Å². The molecule has 1 heterocycles. The van der Waals surface area contributed by atoms with Crippen molar-refractivity contribution in [2.24, 2.45) is 0 Å². The van der Waals surface area contributed by atoms with Crippen LogP contribution in [0.15, 0.2) is 91.3 Å².